The van der Waals surface area contributed by atoms with Crippen LogP contribution in [0.25, 0.3) is 0 Å². The first-order chi connectivity index (χ1) is 11.1. The third kappa shape index (κ3) is 3.62. The molecule has 3 rings (SSSR count). The fourth-order valence-corrected chi connectivity index (χ4v) is 2.55. The van der Waals surface area contributed by atoms with Crippen molar-refractivity contribution in [3.05, 3.63) is 47.1 Å². The number of ether oxygens (including phenoxy) is 1. The predicted octanol–water partition coefficient (Wildman–Crippen LogP) is 2.32. The molecular weight excluding hydrogens is 318 g/mol. The summed E-state index contributed by atoms with van der Waals surface area (Å²) in [7, 11) is 0. The molecule has 2 atom stereocenters. The second-order valence-corrected chi connectivity index (χ2v) is 5.60. The molecule has 1 aliphatic rings. The molecule has 2 unspecified atom stereocenters. The summed E-state index contributed by atoms with van der Waals surface area (Å²) in [6, 6.07) is 10.6. The molecule has 2 heterocycles. The SMILES string of the molecule is CC(NC(=O)NNc1ccc(Cl)nn1)C1COc2ccccc21. The lowest BCUT2D eigenvalue weighted by Gasteiger charge is -2.20. The number of aromatic nitrogens is 2. The topological polar surface area (TPSA) is 88.2 Å². The number of halogens is 1. The molecule has 0 radical (unpaired) electrons. The highest BCUT2D eigenvalue weighted by Gasteiger charge is 2.29. The van der Waals surface area contributed by atoms with E-state index in [-0.39, 0.29) is 23.1 Å². The Balaban J connectivity index is 1.53. The van der Waals surface area contributed by atoms with Gasteiger partial charge in [-0.15, -0.1) is 10.2 Å². The minimum absolute atomic E-state index is 0.0863. The number of amides is 2. The van der Waals surface area contributed by atoms with Crippen LogP contribution in [-0.2, 0) is 0 Å². The van der Waals surface area contributed by atoms with Gasteiger partial charge in [0.1, 0.15) is 5.75 Å². The highest BCUT2D eigenvalue weighted by atomic mass is 35.5. The van der Waals surface area contributed by atoms with Crippen LogP contribution >= 0.6 is 11.6 Å². The average Bonchev–Trinajstić information content (AvgIpc) is 2.98. The Morgan fingerprint density at radius 3 is 2.91 bits per heavy atom. The van der Waals surface area contributed by atoms with Crippen molar-refractivity contribution in [2.75, 3.05) is 12.0 Å². The number of rotatable bonds is 4. The van der Waals surface area contributed by atoms with Gasteiger partial charge in [-0.2, -0.15) is 0 Å². The van der Waals surface area contributed by atoms with Gasteiger partial charge in [0.2, 0.25) is 0 Å². The van der Waals surface area contributed by atoms with Crippen molar-refractivity contribution >= 4 is 23.4 Å². The van der Waals surface area contributed by atoms with E-state index in [9.17, 15) is 4.79 Å². The largest absolute Gasteiger partial charge is 0.493 e. The minimum Gasteiger partial charge on any atom is -0.493 e. The summed E-state index contributed by atoms with van der Waals surface area (Å²) < 4.78 is 5.64. The molecule has 1 aliphatic heterocycles. The molecule has 0 aliphatic carbocycles. The molecule has 2 amide bonds. The lowest BCUT2D eigenvalue weighted by atomic mass is 9.95. The summed E-state index contributed by atoms with van der Waals surface area (Å²) >= 11 is 5.64. The minimum atomic E-state index is -0.362. The van der Waals surface area contributed by atoms with Crippen molar-refractivity contribution in [3.63, 3.8) is 0 Å². The predicted molar refractivity (Wildman–Crippen MR) is 86.5 cm³/mol. The number of hydrazine groups is 1. The Morgan fingerprint density at radius 1 is 1.30 bits per heavy atom. The second kappa shape index (κ2) is 6.70. The zero-order valence-electron chi connectivity index (χ0n) is 12.4. The van der Waals surface area contributed by atoms with Crippen molar-refractivity contribution < 1.29 is 9.53 Å². The van der Waals surface area contributed by atoms with E-state index >= 15 is 0 Å². The van der Waals surface area contributed by atoms with Gasteiger partial charge in [-0.05, 0) is 25.1 Å². The molecule has 0 saturated carbocycles. The molecule has 23 heavy (non-hydrogen) atoms. The van der Waals surface area contributed by atoms with Crippen molar-refractivity contribution in [1.82, 2.24) is 20.9 Å². The number of anilines is 1. The summed E-state index contributed by atoms with van der Waals surface area (Å²) in [5.41, 5.74) is 6.28. The number of hydrogen-bond donors (Lipinski definition) is 3. The first-order valence-corrected chi connectivity index (χ1v) is 7.55. The number of hydrogen-bond acceptors (Lipinski definition) is 5. The maximum atomic E-state index is 12.0. The van der Waals surface area contributed by atoms with Crippen molar-refractivity contribution in [3.8, 4) is 5.75 Å². The molecule has 2 aromatic rings. The third-order valence-electron chi connectivity index (χ3n) is 3.64. The Kier molecular flexibility index (Phi) is 4.47. The number of urea groups is 1. The van der Waals surface area contributed by atoms with Crippen LogP contribution in [-0.4, -0.2) is 28.9 Å². The summed E-state index contributed by atoms with van der Waals surface area (Å²) in [6.07, 6.45) is 0. The monoisotopic (exact) mass is 333 g/mol. The van der Waals surface area contributed by atoms with Gasteiger partial charge in [0.05, 0.1) is 6.61 Å². The molecule has 7 nitrogen and oxygen atoms in total. The van der Waals surface area contributed by atoms with E-state index < -0.39 is 0 Å². The molecule has 0 spiro atoms. The molecule has 120 valence electrons. The number of fused-ring (bicyclic) bond motifs is 1. The van der Waals surface area contributed by atoms with E-state index in [1.807, 2.05) is 31.2 Å². The van der Waals surface area contributed by atoms with Gasteiger partial charge < -0.3 is 10.1 Å². The maximum Gasteiger partial charge on any atom is 0.333 e. The normalized spacial score (nSPS) is 16.9. The fourth-order valence-electron chi connectivity index (χ4n) is 2.45. The maximum absolute atomic E-state index is 12.0. The Labute approximate surface area is 138 Å². The van der Waals surface area contributed by atoms with Gasteiger partial charge in [0.15, 0.2) is 11.0 Å². The van der Waals surface area contributed by atoms with Crippen LogP contribution in [0.3, 0.4) is 0 Å². The molecule has 1 aromatic carbocycles. The van der Waals surface area contributed by atoms with Gasteiger partial charge in [-0.25, -0.2) is 4.79 Å². The highest BCUT2D eigenvalue weighted by Crippen LogP contribution is 2.35. The first kappa shape index (κ1) is 15.4. The Morgan fingerprint density at radius 2 is 2.13 bits per heavy atom. The molecule has 0 bridgehead atoms. The lowest BCUT2D eigenvalue weighted by Crippen LogP contribution is -2.45. The van der Waals surface area contributed by atoms with E-state index in [0.29, 0.717) is 12.4 Å². The van der Waals surface area contributed by atoms with E-state index in [4.69, 9.17) is 16.3 Å². The lowest BCUT2D eigenvalue weighted by molar-refractivity contribution is 0.235. The van der Waals surface area contributed by atoms with Crippen LogP contribution in [0.15, 0.2) is 36.4 Å². The van der Waals surface area contributed by atoms with E-state index in [0.717, 1.165) is 11.3 Å². The molecule has 0 saturated heterocycles. The quantitative estimate of drug-likeness (QED) is 0.747. The van der Waals surface area contributed by atoms with Gasteiger partial charge in [-0.3, -0.25) is 10.9 Å². The number of carbonyl (C=O) groups is 1. The van der Waals surface area contributed by atoms with Crippen LogP contribution < -0.4 is 20.9 Å². The first-order valence-electron chi connectivity index (χ1n) is 7.17. The average molecular weight is 334 g/mol. The van der Waals surface area contributed by atoms with E-state index in [2.05, 4.69) is 26.4 Å². The fraction of sp³-hybridized carbons (Fsp3) is 0.267. The number of nitrogens with one attached hydrogen (secondary N) is 3. The Hall–Kier alpha value is -2.54. The summed E-state index contributed by atoms with van der Waals surface area (Å²) in [5, 5.41) is 10.6. The van der Waals surface area contributed by atoms with Crippen molar-refractivity contribution in [1.29, 1.82) is 0 Å². The zero-order chi connectivity index (χ0) is 16.2. The molecular formula is C15H16ClN5O2. The van der Waals surface area contributed by atoms with E-state index in [1.54, 1.807) is 12.1 Å². The number of para-hydroxylation sites is 1. The Bertz CT molecular complexity index is 695. The van der Waals surface area contributed by atoms with Gasteiger partial charge in [-0.1, -0.05) is 29.8 Å². The molecule has 8 heteroatoms. The molecule has 1 aromatic heterocycles. The molecule has 0 fully saturated rings. The smallest absolute Gasteiger partial charge is 0.333 e. The van der Waals surface area contributed by atoms with E-state index in [1.165, 1.54) is 0 Å². The van der Waals surface area contributed by atoms with Gasteiger partial charge in [0.25, 0.3) is 0 Å². The van der Waals surface area contributed by atoms with Crippen LogP contribution in [0, 0.1) is 0 Å². The van der Waals surface area contributed by atoms with Gasteiger partial charge >= 0.3 is 6.03 Å². The second-order valence-electron chi connectivity index (χ2n) is 5.21. The van der Waals surface area contributed by atoms with Crippen LogP contribution in [0.4, 0.5) is 10.6 Å². The number of carbonyl (C=O) groups excluding carboxylic acids is 1. The van der Waals surface area contributed by atoms with Crippen molar-refractivity contribution in [2.45, 2.75) is 18.9 Å². The van der Waals surface area contributed by atoms with Crippen molar-refractivity contribution in [2.24, 2.45) is 0 Å². The third-order valence-corrected chi connectivity index (χ3v) is 3.84. The van der Waals surface area contributed by atoms with Crippen LogP contribution in [0.2, 0.25) is 5.15 Å². The summed E-state index contributed by atoms with van der Waals surface area (Å²) in [6.45, 7) is 2.49. The standard InChI is InChI=1S/C15H16ClN5O2/c1-9(11-8-23-12-5-3-2-4-10(11)12)17-15(22)21-20-14-7-6-13(16)18-19-14/h2-7,9,11H,8H2,1H3,(H,19,20)(H2,17,21,22). The van der Waals surface area contributed by atoms with Gasteiger partial charge in [0, 0.05) is 17.5 Å². The summed E-state index contributed by atoms with van der Waals surface area (Å²) in [4.78, 5) is 12.0. The summed E-state index contributed by atoms with van der Waals surface area (Å²) in [5.74, 6) is 1.39. The number of nitrogens with zero attached hydrogens (tertiary/aromatic N) is 2. The highest BCUT2D eigenvalue weighted by molar-refractivity contribution is 6.29. The van der Waals surface area contributed by atoms with Crippen LogP contribution in [0.5, 0.6) is 5.75 Å². The molecule has 3 N–H and O–H groups in total. The number of benzene rings is 1. The van der Waals surface area contributed by atoms with Crippen LogP contribution in [0.1, 0.15) is 18.4 Å². The zero-order valence-corrected chi connectivity index (χ0v) is 13.2.